The van der Waals surface area contributed by atoms with E-state index in [4.69, 9.17) is 0 Å². The largest absolute Gasteiger partial charge is 0.481 e. The second-order valence-electron chi connectivity index (χ2n) is 5.49. The maximum absolute atomic E-state index is 11.9. The van der Waals surface area contributed by atoms with Gasteiger partial charge in [0.25, 0.3) is 0 Å². The van der Waals surface area contributed by atoms with E-state index in [1.807, 2.05) is 0 Å². The van der Waals surface area contributed by atoms with Crippen LogP contribution in [0.5, 0.6) is 0 Å². The summed E-state index contributed by atoms with van der Waals surface area (Å²) in [6.07, 6.45) is 7.51. The molecule has 2 aliphatic carbocycles. The molecule has 2 saturated carbocycles. The summed E-state index contributed by atoms with van der Waals surface area (Å²) in [6, 6.07) is 0. The zero-order chi connectivity index (χ0) is 12.3. The standard InChI is InChI=1S/C13H21NO3/c15-11(10-5-1-2-6-10)14-9-13(12(16)17)7-3-4-8-13/h10H,1-9H2,(H,14,15)(H,16,17). The summed E-state index contributed by atoms with van der Waals surface area (Å²) in [7, 11) is 0. The highest BCUT2D eigenvalue weighted by Gasteiger charge is 2.41. The Bertz CT molecular complexity index is 302. The Kier molecular flexibility index (Phi) is 3.69. The topological polar surface area (TPSA) is 66.4 Å². The fourth-order valence-electron chi connectivity index (χ4n) is 3.11. The fourth-order valence-corrected chi connectivity index (χ4v) is 3.11. The molecule has 0 unspecified atom stereocenters. The zero-order valence-electron chi connectivity index (χ0n) is 10.2. The molecule has 0 heterocycles. The minimum Gasteiger partial charge on any atom is -0.481 e. The molecule has 0 saturated heterocycles. The highest BCUT2D eigenvalue weighted by molar-refractivity contribution is 5.81. The smallest absolute Gasteiger partial charge is 0.311 e. The third-order valence-electron chi connectivity index (χ3n) is 4.34. The van der Waals surface area contributed by atoms with E-state index >= 15 is 0 Å². The summed E-state index contributed by atoms with van der Waals surface area (Å²) < 4.78 is 0. The molecular weight excluding hydrogens is 218 g/mol. The van der Waals surface area contributed by atoms with Crippen LogP contribution in [-0.2, 0) is 9.59 Å². The van der Waals surface area contributed by atoms with Gasteiger partial charge < -0.3 is 10.4 Å². The summed E-state index contributed by atoms with van der Waals surface area (Å²) in [5.41, 5.74) is -0.686. The lowest BCUT2D eigenvalue weighted by Crippen LogP contribution is -2.42. The lowest BCUT2D eigenvalue weighted by atomic mass is 9.86. The van der Waals surface area contributed by atoms with Crippen molar-refractivity contribution in [3.8, 4) is 0 Å². The summed E-state index contributed by atoms with van der Waals surface area (Å²) in [5.74, 6) is -0.556. The van der Waals surface area contributed by atoms with Gasteiger partial charge in [-0.2, -0.15) is 0 Å². The molecule has 4 heteroatoms. The number of hydrogen-bond donors (Lipinski definition) is 2. The van der Waals surface area contributed by atoms with Crippen molar-refractivity contribution in [3.05, 3.63) is 0 Å². The molecule has 2 fully saturated rings. The van der Waals surface area contributed by atoms with Gasteiger partial charge in [-0.25, -0.2) is 0 Å². The third kappa shape index (κ3) is 2.61. The Balaban J connectivity index is 1.87. The molecule has 96 valence electrons. The van der Waals surface area contributed by atoms with Gasteiger partial charge in [-0.05, 0) is 25.7 Å². The van der Waals surface area contributed by atoms with E-state index in [-0.39, 0.29) is 11.8 Å². The zero-order valence-corrected chi connectivity index (χ0v) is 10.2. The summed E-state index contributed by atoms with van der Waals surface area (Å²) in [4.78, 5) is 23.2. The van der Waals surface area contributed by atoms with Gasteiger partial charge in [0.15, 0.2) is 0 Å². The highest BCUT2D eigenvalue weighted by Crippen LogP contribution is 2.38. The Labute approximate surface area is 102 Å². The first kappa shape index (κ1) is 12.4. The van der Waals surface area contributed by atoms with Crippen molar-refractivity contribution in [2.24, 2.45) is 11.3 Å². The quantitative estimate of drug-likeness (QED) is 0.787. The van der Waals surface area contributed by atoms with Crippen LogP contribution in [-0.4, -0.2) is 23.5 Å². The normalized spacial score (nSPS) is 23.8. The number of amides is 1. The fraction of sp³-hybridized carbons (Fsp3) is 0.846. The summed E-state index contributed by atoms with van der Waals surface area (Å²) in [5, 5.41) is 12.2. The SMILES string of the molecule is O=C(NCC1(C(=O)O)CCCC1)C1CCCC1. The number of carboxylic acid groups (broad SMARTS) is 1. The number of nitrogens with one attached hydrogen (secondary N) is 1. The second kappa shape index (κ2) is 5.07. The van der Waals surface area contributed by atoms with Crippen molar-refractivity contribution in [2.45, 2.75) is 51.4 Å². The maximum atomic E-state index is 11.9. The summed E-state index contributed by atoms with van der Waals surface area (Å²) >= 11 is 0. The van der Waals surface area contributed by atoms with Crippen molar-refractivity contribution >= 4 is 11.9 Å². The van der Waals surface area contributed by atoms with Gasteiger partial charge in [0.1, 0.15) is 0 Å². The molecule has 2 rings (SSSR count). The van der Waals surface area contributed by atoms with Crippen LogP contribution >= 0.6 is 0 Å². The molecule has 4 nitrogen and oxygen atoms in total. The Hall–Kier alpha value is -1.06. The predicted molar refractivity (Wildman–Crippen MR) is 63.5 cm³/mol. The van der Waals surface area contributed by atoms with Gasteiger partial charge in [0.2, 0.25) is 5.91 Å². The minimum atomic E-state index is -0.748. The van der Waals surface area contributed by atoms with Crippen molar-refractivity contribution in [1.29, 1.82) is 0 Å². The molecule has 0 aromatic rings. The second-order valence-corrected chi connectivity index (χ2v) is 5.49. The van der Waals surface area contributed by atoms with Crippen LogP contribution in [0.1, 0.15) is 51.4 Å². The average Bonchev–Trinajstić information content (AvgIpc) is 2.97. The van der Waals surface area contributed by atoms with E-state index in [2.05, 4.69) is 5.32 Å². The van der Waals surface area contributed by atoms with Crippen LogP contribution in [0.2, 0.25) is 0 Å². The van der Waals surface area contributed by atoms with Crippen molar-refractivity contribution in [2.75, 3.05) is 6.54 Å². The van der Waals surface area contributed by atoms with Gasteiger partial charge in [0, 0.05) is 12.5 Å². The number of carbonyl (C=O) groups is 2. The number of rotatable bonds is 4. The highest BCUT2D eigenvalue weighted by atomic mass is 16.4. The van der Waals surface area contributed by atoms with Crippen molar-refractivity contribution in [3.63, 3.8) is 0 Å². The molecule has 1 amide bonds. The van der Waals surface area contributed by atoms with Gasteiger partial charge in [-0.1, -0.05) is 25.7 Å². The van der Waals surface area contributed by atoms with Gasteiger partial charge >= 0.3 is 5.97 Å². The molecule has 0 radical (unpaired) electrons. The van der Waals surface area contributed by atoms with E-state index in [0.717, 1.165) is 38.5 Å². The van der Waals surface area contributed by atoms with Crippen LogP contribution in [0.15, 0.2) is 0 Å². The van der Waals surface area contributed by atoms with E-state index in [1.54, 1.807) is 0 Å². The van der Waals surface area contributed by atoms with Gasteiger partial charge in [-0.3, -0.25) is 9.59 Å². The molecule has 0 spiro atoms. The van der Waals surface area contributed by atoms with Crippen molar-refractivity contribution < 1.29 is 14.7 Å². The predicted octanol–water partition coefficient (Wildman–Crippen LogP) is 1.94. The Morgan fingerprint density at radius 3 is 2.24 bits per heavy atom. The minimum absolute atomic E-state index is 0.0648. The molecule has 0 aliphatic heterocycles. The molecule has 2 N–H and O–H groups in total. The van der Waals surface area contributed by atoms with E-state index in [1.165, 1.54) is 0 Å². The first-order chi connectivity index (χ1) is 8.14. The Morgan fingerprint density at radius 2 is 1.71 bits per heavy atom. The number of carboxylic acids is 1. The lowest BCUT2D eigenvalue weighted by Gasteiger charge is -2.24. The average molecular weight is 239 g/mol. The first-order valence-corrected chi connectivity index (χ1v) is 6.65. The Morgan fingerprint density at radius 1 is 1.12 bits per heavy atom. The number of aliphatic carboxylic acids is 1. The van der Waals surface area contributed by atoms with E-state index < -0.39 is 11.4 Å². The molecular formula is C13H21NO3. The first-order valence-electron chi connectivity index (χ1n) is 6.65. The summed E-state index contributed by atoms with van der Waals surface area (Å²) in [6.45, 7) is 0.317. The van der Waals surface area contributed by atoms with E-state index in [9.17, 15) is 14.7 Å². The maximum Gasteiger partial charge on any atom is 0.311 e. The monoisotopic (exact) mass is 239 g/mol. The molecule has 17 heavy (non-hydrogen) atoms. The third-order valence-corrected chi connectivity index (χ3v) is 4.34. The van der Waals surface area contributed by atoms with Crippen LogP contribution in [0.3, 0.4) is 0 Å². The van der Waals surface area contributed by atoms with Gasteiger partial charge in [0.05, 0.1) is 5.41 Å². The number of hydrogen-bond acceptors (Lipinski definition) is 2. The molecule has 0 aromatic carbocycles. The van der Waals surface area contributed by atoms with Gasteiger partial charge in [-0.15, -0.1) is 0 Å². The molecule has 0 aromatic heterocycles. The van der Waals surface area contributed by atoms with E-state index in [0.29, 0.717) is 19.4 Å². The lowest BCUT2D eigenvalue weighted by molar-refractivity contribution is -0.148. The molecule has 0 bridgehead atoms. The van der Waals surface area contributed by atoms with Crippen LogP contribution in [0.4, 0.5) is 0 Å². The van der Waals surface area contributed by atoms with Crippen molar-refractivity contribution in [1.82, 2.24) is 5.32 Å². The molecule has 2 aliphatic rings. The van der Waals surface area contributed by atoms with Crippen LogP contribution in [0, 0.1) is 11.3 Å². The van der Waals surface area contributed by atoms with Crippen LogP contribution < -0.4 is 5.32 Å². The number of carbonyl (C=O) groups excluding carboxylic acids is 1. The molecule has 0 atom stereocenters. The van der Waals surface area contributed by atoms with Crippen LogP contribution in [0.25, 0.3) is 0 Å².